The number of carboxylic acids is 1. The second kappa shape index (κ2) is 6.47. The van der Waals surface area contributed by atoms with E-state index >= 15 is 0 Å². The molecule has 5 nitrogen and oxygen atoms in total. The Morgan fingerprint density at radius 3 is 2.33 bits per heavy atom. The smallest absolute Gasteiger partial charge is 0.337 e. The van der Waals surface area contributed by atoms with Crippen LogP contribution in [-0.2, 0) is 0 Å². The number of rotatable bonds is 3. The summed E-state index contributed by atoms with van der Waals surface area (Å²) in [6.07, 6.45) is 0. The third-order valence-corrected chi connectivity index (χ3v) is 3.01. The average molecular weight is 325 g/mol. The molecule has 0 spiro atoms. The van der Waals surface area contributed by atoms with Gasteiger partial charge in [-0.05, 0) is 36.4 Å². The van der Waals surface area contributed by atoms with Gasteiger partial charge >= 0.3 is 12.0 Å². The predicted octanol–water partition coefficient (Wildman–Crippen LogP) is 4.34. The summed E-state index contributed by atoms with van der Waals surface area (Å²) in [6, 6.07) is 10.2. The number of anilines is 2. The summed E-state index contributed by atoms with van der Waals surface area (Å²) in [5, 5.41) is 14.8. The third kappa shape index (κ3) is 4.11. The van der Waals surface area contributed by atoms with E-state index in [0.29, 0.717) is 10.7 Å². The molecule has 3 N–H and O–H groups in total. The molecule has 0 saturated carbocycles. The number of carboxylic acid groups (broad SMARTS) is 1. The fourth-order valence-corrected chi connectivity index (χ4v) is 2.02. The Hall–Kier alpha value is -2.24. The van der Waals surface area contributed by atoms with E-state index in [-0.39, 0.29) is 16.3 Å². The first kappa shape index (κ1) is 15.2. The number of hydrogen-bond donors (Lipinski definition) is 3. The number of hydrogen-bond acceptors (Lipinski definition) is 2. The van der Waals surface area contributed by atoms with Crippen LogP contribution in [0.15, 0.2) is 42.5 Å². The molecule has 0 aromatic heterocycles. The van der Waals surface area contributed by atoms with Crippen LogP contribution in [0.4, 0.5) is 16.2 Å². The molecule has 2 aromatic carbocycles. The van der Waals surface area contributed by atoms with Crippen molar-refractivity contribution in [2.24, 2.45) is 0 Å². The molecule has 2 amide bonds. The maximum absolute atomic E-state index is 11.9. The van der Waals surface area contributed by atoms with Gasteiger partial charge in [-0.25, -0.2) is 9.59 Å². The molecule has 0 aliphatic rings. The van der Waals surface area contributed by atoms with Crippen molar-refractivity contribution in [2.45, 2.75) is 0 Å². The van der Waals surface area contributed by atoms with Crippen LogP contribution in [0.2, 0.25) is 10.0 Å². The fourth-order valence-electron chi connectivity index (χ4n) is 1.65. The highest BCUT2D eigenvalue weighted by Gasteiger charge is 2.13. The van der Waals surface area contributed by atoms with Crippen molar-refractivity contribution in [3.8, 4) is 0 Å². The van der Waals surface area contributed by atoms with Crippen molar-refractivity contribution in [3.63, 3.8) is 0 Å². The minimum Gasteiger partial charge on any atom is -0.478 e. The number of halogens is 2. The molecular weight excluding hydrogens is 315 g/mol. The van der Waals surface area contributed by atoms with Crippen LogP contribution in [0.3, 0.4) is 0 Å². The SMILES string of the molecule is O=C(Nc1cccc(Cl)c1)Nc1ccc(Cl)cc1C(=O)O. The Morgan fingerprint density at radius 1 is 0.952 bits per heavy atom. The molecule has 0 unspecified atom stereocenters. The standard InChI is InChI=1S/C14H10Cl2N2O3/c15-8-2-1-3-10(6-8)17-14(21)18-12-5-4-9(16)7-11(12)13(19)20/h1-7H,(H,19,20)(H2,17,18,21). The Bertz CT molecular complexity index is 704. The summed E-state index contributed by atoms with van der Waals surface area (Å²) in [5.41, 5.74) is 0.543. The number of nitrogens with one attached hydrogen (secondary N) is 2. The largest absolute Gasteiger partial charge is 0.478 e. The lowest BCUT2D eigenvalue weighted by Crippen LogP contribution is -2.21. The third-order valence-electron chi connectivity index (χ3n) is 2.54. The van der Waals surface area contributed by atoms with Crippen molar-refractivity contribution >= 4 is 46.6 Å². The van der Waals surface area contributed by atoms with Crippen LogP contribution >= 0.6 is 23.2 Å². The van der Waals surface area contributed by atoms with E-state index in [1.807, 2.05) is 0 Å². The Morgan fingerprint density at radius 2 is 1.67 bits per heavy atom. The van der Waals surface area contributed by atoms with Crippen LogP contribution < -0.4 is 10.6 Å². The lowest BCUT2D eigenvalue weighted by Gasteiger charge is -2.10. The first-order valence-corrected chi connectivity index (χ1v) is 6.58. The first-order valence-electron chi connectivity index (χ1n) is 5.82. The molecule has 7 heteroatoms. The number of urea groups is 1. The first-order chi connectivity index (χ1) is 9.95. The molecule has 2 aromatic rings. The van der Waals surface area contributed by atoms with Gasteiger partial charge in [-0.15, -0.1) is 0 Å². The van der Waals surface area contributed by atoms with Gasteiger partial charge < -0.3 is 15.7 Å². The summed E-state index contributed by atoms with van der Waals surface area (Å²) in [4.78, 5) is 23.0. The lowest BCUT2D eigenvalue weighted by molar-refractivity contribution is 0.0698. The molecule has 0 bridgehead atoms. The molecular formula is C14H10Cl2N2O3. The highest BCUT2D eigenvalue weighted by atomic mass is 35.5. The number of carbonyl (C=O) groups excluding carboxylic acids is 1. The van der Waals surface area contributed by atoms with Gasteiger partial charge in [0.25, 0.3) is 0 Å². The van der Waals surface area contributed by atoms with Gasteiger partial charge in [0.05, 0.1) is 11.3 Å². The molecule has 0 fully saturated rings. The molecule has 21 heavy (non-hydrogen) atoms. The van der Waals surface area contributed by atoms with Gasteiger partial charge in [0.15, 0.2) is 0 Å². The van der Waals surface area contributed by atoms with E-state index < -0.39 is 12.0 Å². The fraction of sp³-hybridized carbons (Fsp3) is 0. The topological polar surface area (TPSA) is 78.4 Å². The van der Waals surface area contributed by atoms with Gasteiger partial charge in [-0.2, -0.15) is 0 Å². The highest BCUT2D eigenvalue weighted by molar-refractivity contribution is 6.31. The van der Waals surface area contributed by atoms with E-state index in [2.05, 4.69) is 10.6 Å². The molecule has 2 rings (SSSR count). The second-order valence-electron chi connectivity index (χ2n) is 4.08. The Kier molecular flexibility index (Phi) is 4.67. The van der Waals surface area contributed by atoms with Crippen molar-refractivity contribution in [3.05, 3.63) is 58.1 Å². The van der Waals surface area contributed by atoms with E-state index in [0.717, 1.165) is 0 Å². The Labute approximate surface area is 130 Å². The highest BCUT2D eigenvalue weighted by Crippen LogP contribution is 2.21. The van der Waals surface area contributed by atoms with Gasteiger partial charge in [-0.3, -0.25) is 0 Å². The van der Waals surface area contributed by atoms with Crippen LogP contribution in [-0.4, -0.2) is 17.1 Å². The van der Waals surface area contributed by atoms with Gasteiger partial charge in [0.2, 0.25) is 0 Å². The van der Waals surface area contributed by atoms with Crippen LogP contribution in [0.25, 0.3) is 0 Å². The van der Waals surface area contributed by atoms with E-state index in [1.54, 1.807) is 24.3 Å². The molecule has 0 radical (unpaired) electrons. The summed E-state index contributed by atoms with van der Waals surface area (Å²) in [7, 11) is 0. The number of aromatic carboxylic acids is 1. The van der Waals surface area contributed by atoms with Gasteiger partial charge in [0, 0.05) is 15.7 Å². The molecule has 0 aliphatic heterocycles. The zero-order valence-corrected chi connectivity index (χ0v) is 12.1. The zero-order chi connectivity index (χ0) is 15.4. The maximum Gasteiger partial charge on any atom is 0.337 e. The monoisotopic (exact) mass is 324 g/mol. The Balaban J connectivity index is 2.15. The minimum atomic E-state index is -1.18. The summed E-state index contributed by atoms with van der Waals surface area (Å²) >= 11 is 11.5. The van der Waals surface area contributed by atoms with E-state index in [9.17, 15) is 9.59 Å². The number of benzene rings is 2. The molecule has 108 valence electrons. The maximum atomic E-state index is 11.9. The quantitative estimate of drug-likeness (QED) is 0.785. The van der Waals surface area contributed by atoms with E-state index in [1.165, 1.54) is 18.2 Å². The van der Waals surface area contributed by atoms with Crippen molar-refractivity contribution in [2.75, 3.05) is 10.6 Å². The van der Waals surface area contributed by atoms with Crippen molar-refractivity contribution in [1.29, 1.82) is 0 Å². The van der Waals surface area contributed by atoms with Gasteiger partial charge in [0.1, 0.15) is 0 Å². The number of amides is 2. The van der Waals surface area contributed by atoms with Crippen molar-refractivity contribution < 1.29 is 14.7 Å². The molecule has 0 atom stereocenters. The zero-order valence-electron chi connectivity index (χ0n) is 10.6. The van der Waals surface area contributed by atoms with Crippen molar-refractivity contribution in [1.82, 2.24) is 0 Å². The number of carbonyl (C=O) groups is 2. The average Bonchev–Trinajstić information content (AvgIpc) is 2.40. The summed E-state index contributed by atoms with van der Waals surface area (Å²) in [5.74, 6) is -1.18. The minimum absolute atomic E-state index is 0.0938. The van der Waals surface area contributed by atoms with Crippen LogP contribution in [0.1, 0.15) is 10.4 Å². The van der Waals surface area contributed by atoms with Gasteiger partial charge in [-0.1, -0.05) is 29.3 Å². The molecule has 0 saturated heterocycles. The van der Waals surface area contributed by atoms with Crippen LogP contribution in [0.5, 0.6) is 0 Å². The van der Waals surface area contributed by atoms with Crippen LogP contribution in [0, 0.1) is 0 Å². The second-order valence-corrected chi connectivity index (χ2v) is 4.96. The molecule has 0 heterocycles. The normalized spacial score (nSPS) is 10.0. The summed E-state index contributed by atoms with van der Waals surface area (Å²) < 4.78 is 0. The van der Waals surface area contributed by atoms with E-state index in [4.69, 9.17) is 28.3 Å². The predicted molar refractivity (Wildman–Crippen MR) is 82.5 cm³/mol. The molecule has 0 aliphatic carbocycles. The summed E-state index contributed by atoms with van der Waals surface area (Å²) in [6.45, 7) is 0. The lowest BCUT2D eigenvalue weighted by atomic mass is 10.2.